The number of carbonyl (C=O) groups excluding carboxylic acids is 1. The molecule has 4 nitrogen and oxygen atoms in total. The molecule has 112 valence electrons. The van der Waals surface area contributed by atoms with Gasteiger partial charge in [0.05, 0.1) is 0 Å². The number of nitrogens with one attached hydrogen (secondary N) is 2. The normalized spacial score (nSPS) is 12.3. The van der Waals surface area contributed by atoms with Crippen LogP contribution in [0.25, 0.3) is 0 Å². The van der Waals surface area contributed by atoms with E-state index in [-0.39, 0.29) is 17.7 Å². The quantitative estimate of drug-likeness (QED) is 0.806. The number of hydrogen-bond donors (Lipinski definition) is 2. The Morgan fingerprint density at radius 1 is 1.35 bits per heavy atom. The molecule has 0 heterocycles. The van der Waals surface area contributed by atoms with Crippen LogP contribution in [0.15, 0.2) is 18.2 Å². The first-order chi connectivity index (χ1) is 9.45. The van der Waals surface area contributed by atoms with Gasteiger partial charge in [0, 0.05) is 24.7 Å². The first-order valence-corrected chi connectivity index (χ1v) is 6.90. The molecular formula is C15H23FN2O2. The zero-order valence-corrected chi connectivity index (χ0v) is 12.5. The van der Waals surface area contributed by atoms with Gasteiger partial charge in [-0.3, -0.25) is 4.79 Å². The van der Waals surface area contributed by atoms with Gasteiger partial charge in [0.25, 0.3) is 5.91 Å². The Labute approximate surface area is 119 Å². The predicted molar refractivity (Wildman–Crippen MR) is 77.1 cm³/mol. The van der Waals surface area contributed by atoms with Crippen LogP contribution in [0.4, 0.5) is 4.39 Å². The molecule has 5 heteroatoms. The molecular weight excluding hydrogens is 259 g/mol. The molecule has 0 aliphatic carbocycles. The van der Waals surface area contributed by atoms with Crippen molar-refractivity contribution in [2.45, 2.75) is 46.4 Å². The average molecular weight is 282 g/mol. The predicted octanol–water partition coefficient (Wildman–Crippen LogP) is 2.23. The molecule has 1 aromatic rings. The van der Waals surface area contributed by atoms with Crippen LogP contribution in [0.5, 0.6) is 5.75 Å². The molecule has 0 aliphatic rings. The number of halogens is 1. The number of rotatable bonds is 7. The van der Waals surface area contributed by atoms with Crippen LogP contribution in [0.2, 0.25) is 0 Å². The van der Waals surface area contributed by atoms with Crippen molar-refractivity contribution in [2.75, 3.05) is 6.54 Å². The minimum absolute atomic E-state index is 0.138. The van der Waals surface area contributed by atoms with E-state index < -0.39 is 11.9 Å². The van der Waals surface area contributed by atoms with E-state index in [0.717, 1.165) is 0 Å². The second kappa shape index (κ2) is 7.85. The van der Waals surface area contributed by atoms with Crippen LogP contribution in [-0.2, 0) is 11.3 Å². The van der Waals surface area contributed by atoms with E-state index in [9.17, 15) is 9.18 Å². The van der Waals surface area contributed by atoms with E-state index in [2.05, 4.69) is 10.6 Å². The summed E-state index contributed by atoms with van der Waals surface area (Å²) < 4.78 is 19.4. The molecule has 1 unspecified atom stereocenters. The molecule has 0 spiro atoms. The standard InChI is InChI=1S/C15H23FN2O2/c1-5-17-15(19)11(4)20-14-12(9-18-10(2)3)7-6-8-13(14)16/h6-8,10-11,18H,5,9H2,1-4H3,(H,17,19). The lowest BCUT2D eigenvalue weighted by atomic mass is 10.1. The topological polar surface area (TPSA) is 50.4 Å². The molecule has 0 radical (unpaired) electrons. The highest BCUT2D eigenvalue weighted by molar-refractivity contribution is 5.80. The van der Waals surface area contributed by atoms with Gasteiger partial charge in [-0.2, -0.15) is 0 Å². The van der Waals surface area contributed by atoms with Gasteiger partial charge in [0.15, 0.2) is 17.7 Å². The Bertz CT molecular complexity index is 449. The van der Waals surface area contributed by atoms with E-state index in [4.69, 9.17) is 4.74 Å². The second-order valence-electron chi connectivity index (χ2n) is 4.92. The number of likely N-dealkylation sites (N-methyl/N-ethyl adjacent to an activating group) is 1. The third-order valence-corrected chi connectivity index (χ3v) is 2.76. The van der Waals surface area contributed by atoms with Crippen molar-refractivity contribution in [1.82, 2.24) is 10.6 Å². The van der Waals surface area contributed by atoms with Crippen molar-refractivity contribution < 1.29 is 13.9 Å². The first-order valence-electron chi connectivity index (χ1n) is 6.90. The third-order valence-electron chi connectivity index (χ3n) is 2.76. The lowest BCUT2D eigenvalue weighted by Crippen LogP contribution is -2.36. The molecule has 0 aliphatic heterocycles. The van der Waals surface area contributed by atoms with Crippen molar-refractivity contribution >= 4 is 5.91 Å². The van der Waals surface area contributed by atoms with Gasteiger partial charge in [-0.25, -0.2) is 4.39 Å². The van der Waals surface area contributed by atoms with Crippen LogP contribution in [0.3, 0.4) is 0 Å². The summed E-state index contributed by atoms with van der Waals surface area (Å²) >= 11 is 0. The highest BCUT2D eigenvalue weighted by atomic mass is 19.1. The Kier molecular flexibility index (Phi) is 6.45. The molecule has 0 fully saturated rings. The maximum Gasteiger partial charge on any atom is 0.260 e. The number of ether oxygens (including phenoxy) is 1. The van der Waals surface area contributed by atoms with E-state index in [1.54, 1.807) is 19.1 Å². The largest absolute Gasteiger partial charge is 0.477 e. The SMILES string of the molecule is CCNC(=O)C(C)Oc1c(F)cccc1CNC(C)C. The summed E-state index contributed by atoms with van der Waals surface area (Å²) in [4.78, 5) is 11.7. The van der Waals surface area contributed by atoms with Gasteiger partial charge in [-0.15, -0.1) is 0 Å². The summed E-state index contributed by atoms with van der Waals surface area (Å²) in [6.07, 6.45) is -0.732. The smallest absolute Gasteiger partial charge is 0.260 e. The minimum Gasteiger partial charge on any atom is -0.477 e. The zero-order valence-electron chi connectivity index (χ0n) is 12.5. The highest BCUT2D eigenvalue weighted by Gasteiger charge is 2.18. The lowest BCUT2D eigenvalue weighted by molar-refractivity contribution is -0.127. The van der Waals surface area contributed by atoms with E-state index in [1.807, 2.05) is 20.8 Å². The van der Waals surface area contributed by atoms with Crippen LogP contribution in [0, 0.1) is 5.82 Å². The summed E-state index contributed by atoms with van der Waals surface area (Å²) in [5, 5.41) is 5.86. The molecule has 20 heavy (non-hydrogen) atoms. The number of hydrogen-bond acceptors (Lipinski definition) is 3. The van der Waals surface area contributed by atoms with E-state index >= 15 is 0 Å². The van der Waals surface area contributed by atoms with Crippen LogP contribution in [0.1, 0.15) is 33.3 Å². The van der Waals surface area contributed by atoms with Crippen molar-refractivity contribution in [3.63, 3.8) is 0 Å². The van der Waals surface area contributed by atoms with Gasteiger partial charge >= 0.3 is 0 Å². The van der Waals surface area contributed by atoms with Crippen LogP contribution < -0.4 is 15.4 Å². The molecule has 0 bridgehead atoms. The molecule has 1 amide bonds. The first kappa shape index (κ1) is 16.4. The Morgan fingerprint density at radius 2 is 2.05 bits per heavy atom. The monoisotopic (exact) mass is 282 g/mol. The van der Waals surface area contributed by atoms with Gasteiger partial charge in [-0.1, -0.05) is 26.0 Å². The molecule has 1 aromatic carbocycles. The van der Waals surface area contributed by atoms with Gasteiger partial charge < -0.3 is 15.4 Å². The number of benzene rings is 1. The Balaban J connectivity index is 2.84. The van der Waals surface area contributed by atoms with E-state index in [1.165, 1.54) is 6.07 Å². The molecule has 2 N–H and O–H groups in total. The summed E-state index contributed by atoms with van der Waals surface area (Å²) in [6, 6.07) is 5.04. The maximum absolute atomic E-state index is 13.9. The van der Waals surface area contributed by atoms with Gasteiger partial charge in [-0.05, 0) is 19.9 Å². The Morgan fingerprint density at radius 3 is 2.65 bits per heavy atom. The van der Waals surface area contributed by atoms with Crippen molar-refractivity contribution in [3.05, 3.63) is 29.6 Å². The summed E-state index contributed by atoms with van der Waals surface area (Å²) in [5.41, 5.74) is 0.704. The molecule has 0 aromatic heterocycles. The maximum atomic E-state index is 13.9. The van der Waals surface area contributed by atoms with Crippen molar-refractivity contribution in [2.24, 2.45) is 0 Å². The fourth-order valence-electron chi connectivity index (χ4n) is 1.69. The van der Waals surface area contributed by atoms with Crippen LogP contribution >= 0.6 is 0 Å². The Hall–Kier alpha value is -1.62. The summed E-state index contributed by atoms with van der Waals surface area (Å²) in [5.74, 6) is -0.567. The van der Waals surface area contributed by atoms with Gasteiger partial charge in [0.2, 0.25) is 0 Å². The second-order valence-corrected chi connectivity index (χ2v) is 4.92. The van der Waals surface area contributed by atoms with Crippen molar-refractivity contribution in [1.29, 1.82) is 0 Å². The molecule has 0 saturated heterocycles. The number of carbonyl (C=O) groups is 1. The minimum atomic E-state index is -0.732. The highest BCUT2D eigenvalue weighted by Crippen LogP contribution is 2.24. The lowest BCUT2D eigenvalue weighted by Gasteiger charge is -2.18. The number of para-hydroxylation sites is 1. The average Bonchev–Trinajstić information content (AvgIpc) is 2.39. The van der Waals surface area contributed by atoms with E-state index in [0.29, 0.717) is 18.7 Å². The summed E-state index contributed by atoms with van der Waals surface area (Å²) in [7, 11) is 0. The molecule has 0 saturated carbocycles. The summed E-state index contributed by atoms with van der Waals surface area (Å²) in [6.45, 7) is 8.47. The third kappa shape index (κ3) is 4.81. The number of amides is 1. The zero-order chi connectivity index (χ0) is 15.1. The fraction of sp³-hybridized carbons (Fsp3) is 0.533. The molecule has 1 rings (SSSR count). The van der Waals surface area contributed by atoms with Crippen molar-refractivity contribution in [3.8, 4) is 5.75 Å². The fourth-order valence-corrected chi connectivity index (χ4v) is 1.69. The van der Waals surface area contributed by atoms with Gasteiger partial charge in [0.1, 0.15) is 0 Å². The van der Waals surface area contributed by atoms with Crippen LogP contribution in [-0.4, -0.2) is 24.6 Å². The molecule has 1 atom stereocenters.